The van der Waals surface area contributed by atoms with E-state index < -0.39 is 0 Å². The number of amides is 1. The zero-order valence-electron chi connectivity index (χ0n) is 11.8. The molecule has 1 amide bonds. The second-order valence-electron chi connectivity index (χ2n) is 4.63. The van der Waals surface area contributed by atoms with E-state index >= 15 is 0 Å². The van der Waals surface area contributed by atoms with Crippen LogP contribution in [0, 0.1) is 0 Å². The molecular weight excluding hydrogens is 276 g/mol. The lowest BCUT2D eigenvalue weighted by atomic mass is 10.2. The quantitative estimate of drug-likeness (QED) is 0.786. The number of hydrogen-bond donors (Lipinski definition) is 1. The van der Waals surface area contributed by atoms with Crippen molar-refractivity contribution in [2.24, 2.45) is 0 Å². The number of hydrogen-bond acceptors (Lipinski definition) is 3. The summed E-state index contributed by atoms with van der Waals surface area (Å²) in [6.45, 7) is 0. The van der Waals surface area contributed by atoms with Crippen molar-refractivity contribution >= 4 is 11.6 Å². The molecule has 1 aromatic heterocycles. The number of carbonyl (C=O) groups is 1. The van der Waals surface area contributed by atoms with Crippen LogP contribution in [0.3, 0.4) is 0 Å². The fraction of sp³-hybridized carbons (Fsp3) is 0. The highest BCUT2D eigenvalue weighted by Crippen LogP contribution is 2.24. The normalized spacial score (nSPS) is 10.0. The number of rotatable bonds is 4. The molecule has 3 rings (SSSR count). The number of nitrogens with zero attached hydrogens (tertiary/aromatic N) is 1. The number of benzene rings is 2. The molecule has 0 saturated carbocycles. The molecule has 0 atom stereocenters. The van der Waals surface area contributed by atoms with Gasteiger partial charge in [0, 0.05) is 29.7 Å². The maximum Gasteiger partial charge on any atom is 0.255 e. The predicted octanol–water partition coefficient (Wildman–Crippen LogP) is 4.13. The first-order valence-corrected chi connectivity index (χ1v) is 6.85. The highest BCUT2D eigenvalue weighted by atomic mass is 16.5. The van der Waals surface area contributed by atoms with E-state index in [0.29, 0.717) is 17.0 Å². The van der Waals surface area contributed by atoms with E-state index in [4.69, 9.17) is 4.74 Å². The summed E-state index contributed by atoms with van der Waals surface area (Å²) in [5.41, 5.74) is 1.24. The SMILES string of the molecule is O=C(Nc1cccc(Oc2ccccc2)c1)c1ccncc1. The molecule has 4 nitrogen and oxygen atoms in total. The summed E-state index contributed by atoms with van der Waals surface area (Å²) in [4.78, 5) is 16.0. The summed E-state index contributed by atoms with van der Waals surface area (Å²) in [5, 5.41) is 2.84. The molecular formula is C18H14N2O2. The summed E-state index contributed by atoms with van der Waals surface area (Å²) in [6.07, 6.45) is 3.17. The molecule has 0 unspecified atom stereocenters. The number of anilines is 1. The molecule has 0 saturated heterocycles. The Labute approximate surface area is 128 Å². The molecule has 1 N–H and O–H groups in total. The van der Waals surface area contributed by atoms with Crippen LogP contribution in [0.25, 0.3) is 0 Å². The van der Waals surface area contributed by atoms with Crippen LogP contribution in [0.15, 0.2) is 79.1 Å². The van der Waals surface area contributed by atoms with Crippen molar-refractivity contribution in [3.63, 3.8) is 0 Å². The van der Waals surface area contributed by atoms with Gasteiger partial charge in [0.25, 0.3) is 5.91 Å². The van der Waals surface area contributed by atoms with Gasteiger partial charge in [0.1, 0.15) is 11.5 Å². The third-order valence-corrected chi connectivity index (χ3v) is 3.01. The van der Waals surface area contributed by atoms with Crippen LogP contribution in [-0.4, -0.2) is 10.9 Å². The van der Waals surface area contributed by atoms with Crippen LogP contribution in [0.5, 0.6) is 11.5 Å². The molecule has 0 bridgehead atoms. The molecule has 22 heavy (non-hydrogen) atoms. The van der Waals surface area contributed by atoms with E-state index in [1.165, 1.54) is 0 Å². The Balaban J connectivity index is 1.73. The average molecular weight is 290 g/mol. The van der Waals surface area contributed by atoms with Crippen molar-refractivity contribution in [1.29, 1.82) is 0 Å². The van der Waals surface area contributed by atoms with Crippen LogP contribution >= 0.6 is 0 Å². The zero-order valence-corrected chi connectivity index (χ0v) is 11.8. The molecule has 0 aliphatic carbocycles. The van der Waals surface area contributed by atoms with E-state index in [-0.39, 0.29) is 5.91 Å². The first-order chi connectivity index (χ1) is 10.8. The number of para-hydroxylation sites is 1. The number of ether oxygens (including phenoxy) is 1. The predicted molar refractivity (Wildman–Crippen MR) is 85.1 cm³/mol. The summed E-state index contributed by atoms with van der Waals surface area (Å²) in [7, 11) is 0. The van der Waals surface area contributed by atoms with Crippen LogP contribution in [0.4, 0.5) is 5.69 Å². The Kier molecular flexibility index (Phi) is 4.11. The minimum absolute atomic E-state index is 0.181. The van der Waals surface area contributed by atoms with Crippen molar-refractivity contribution in [1.82, 2.24) is 4.98 Å². The van der Waals surface area contributed by atoms with E-state index in [2.05, 4.69) is 10.3 Å². The maximum absolute atomic E-state index is 12.1. The Morgan fingerprint density at radius 1 is 0.864 bits per heavy atom. The van der Waals surface area contributed by atoms with E-state index in [1.54, 1.807) is 30.6 Å². The lowest BCUT2D eigenvalue weighted by Crippen LogP contribution is -2.11. The molecule has 108 valence electrons. The fourth-order valence-electron chi connectivity index (χ4n) is 1.97. The largest absolute Gasteiger partial charge is 0.457 e. The molecule has 0 aliphatic heterocycles. The van der Waals surface area contributed by atoms with Crippen LogP contribution < -0.4 is 10.1 Å². The molecule has 3 aromatic rings. The minimum atomic E-state index is -0.181. The molecule has 0 spiro atoms. The van der Waals surface area contributed by atoms with E-state index in [9.17, 15) is 4.79 Å². The van der Waals surface area contributed by atoms with Crippen molar-refractivity contribution < 1.29 is 9.53 Å². The fourth-order valence-corrected chi connectivity index (χ4v) is 1.97. The van der Waals surface area contributed by atoms with Gasteiger partial charge < -0.3 is 10.1 Å². The van der Waals surface area contributed by atoms with Crippen LogP contribution in [0.2, 0.25) is 0 Å². The van der Waals surface area contributed by atoms with Gasteiger partial charge in [-0.1, -0.05) is 24.3 Å². The summed E-state index contributed by atoms with van der Waals surface area (Å²) in [6, 6.07) is 20.1. The van der Waals surface area contributed by atoms with E-state index in [0.717, 1.165) is 5.75 Å². The highest BCUT2D eigenvalue weighted by molar-refractivity contribution is 6.04. The lowest BCUT2D eigenvalue weighted by Gasteiger charge is -2.09. The standard InChI is InChI=1S/C18H14N2O2/c21-18(14-9-11-19-12-10-14)20-15-5-4-8-17(13-15)22-16-6-2-1-3-7-16/h1-13H,(H,20,21). The highest BCUT2D eigenvalue weighted by Gasteiger charge is 2.06. The molecule has 0 radical (unpaired) electrons. The topological polar surface area (TPSA) is 51.2 Å². The van der Waals surface area contributed by atoms with Gasteiger partial charge in [-0.2, -0.15) is 0 Å². The third-order valence-electron chi connectivity index (χ3n) is 3.01. The Bertz CT molecular complexity index is 758. The Morgan fingerprint density at radius 2 is 1.59 bits per heavy atom. The maximum atomic E-state index is 12.1. The van der Waals surface area contributed by atoms with Crippen molar-refractivity contribution in [3.05, 3.63) is 84.7 Å². The van der Waals surface area contributed by atoms with Gasteiger partial charge in [-0.15, -0.1) is 0 Å². The minimum Gasteiger partial charge on any atom is -0.457 e. The van der Waals surface area contributed by atoms with Crippen LogP contribution in [-0.2, 0) is 0 Å². The molecule has 2 aromatic carbocycles. The van der Waals surface area contributed by atoms with Gasteiger partial charge in [0.15, 0.2) is 0 Å². The third kappa shape index (κ3) is 3.49. The van der Waals surface area contributed by atoms with Crippen molar-refractivity contribution in [2.75, 3.05) is 5.32 Å². The summed E-state index contributed by atoms with van der Waals surface area (Å²) < 4.78 is 5.74. The molecule has 1 heterocycles. The summed E-state index contributed by atoms with van der Waals surface area (Å²) >= 11 is 0. The van der Waals surface area contributed by atoms with Gasteiger partial charge in [-0.05, 0) is 36.4 Å². The monoisotopic (exact) mass is 290 g/mol. The second-order valence-corrected chi connectivity index (χ2v) is 4.63. The number of pyridine rings is 1. The van der Waals surface area contributed by atoms with E-state index in [1.807, 2.05) is 48.5 Å². The van der Waals surface area contributed by atoms with Gasteiger partial charge >= 0.3 is 0 Å². The Hall–Kier alpha value is -3.14. The molecule has 0 aliphatic rings. The molecule has 4 heteroatoms. The zero-order chi connectivity index (χ0) is 15.2. The van der Waals surface area contributed by atoms with Gasteiger partial charge in [0.05, 0.1) is 0 Å². The second kappa shape index (κ2) is 6.54. The Morgan fingerprint density at radius 3 is 2.36 bits per heavy atom. The van der Waals surface area contributed by atoms with Gasteiger partial charge in [0.2, 0.25) is 0 Å². The number of aromatic nitrogens is 1. The van der Waals surface area contributed by atoms with Crippen molar-refractivity contribution in [3.8, 4) is 11.5 Å². The lowest BCUT2D eigenvalue weighted by molar-refractivity contribution is 0.102. The molecule has 0 fully saturated rings. The average Bonchev–Trinajstić information content (AvgIpc) is 2.57. The number of carbonyl (C=O) groups excluding carboxylic acids is 1. The van der Waals surface area contributed by atoms with Gasteiger partial charge in [-0.25, -0.2) is 0 Å². The first kappa shape index (κ1) is 13.8. The smallest absolute Gasteiger partial charge is 0.255 e. The first-order valence-electron chi connectivity index (χ1n) is 6.85. The van der Waals surface area contributed by atoms with Gasteiger partial charge in [-0.3, -0.25) is 9.78 Å². The summed E-state index contributed by atoms with van der Waals surface area (Å²) in [5.74, 6) is 1.23. The van der Waals surface area contributed by atoms with Crippen molar-refractivity contribution in [2.45, 2.75) is 0 Å². The van der Waals surface area contributed by atoms with Crippen LogP contribution in [0.1, 0.15) is 10.4 Å². The number of nitrogens with one attached hydrogen (secondary N) is 1.